The van der Waals surface area contributed by atoms with Gasteiger partial charge in [-0.15, -0.1) is 0 Å². The van der Waals surface area contributed by atoms with Crippen LogP contribution in [0.25, 0.3) is 0 Å². The molecule has 0 spiro atoms. The Morgan fingerprint density at radius 3 is 2.00 bits per heavy atom. The van der Waals surface area contributed by atoms with Gasteiger partial charge in [0.1, 0.15) is 27.4 Å². The third-order valence-corrected chi connectivity index (χ3v) is 5.50. The highest BCUT2D eigenvalue weighted by molar-refractivity contribution is 7.90. The topological polar surface area (TPSA) is 107 Å². The number of carbonyl (C=O) groups is 3. The average molecular weight is 431 g/mol. The number of fused-ring (bicyclic) bond motifs is 1. The summed E-state index contributed by atoms with van der Waals surface area (Å²) in [5.41, 5.74) is 0.335. The van der Waals surface area contributed by atoms with Crippen LogP contribution in [0.15, 0.2) is 48.5 Å². The number of rotatable bonds is 8. The predicted octanol–water partition coefficient (Wildman–Crippen LogP) is 2.09. The van der Waals surface area contributed by atoms with E-state index in [1.165, 1.54) is 24.3 Å². The lowest BCUT2D eigenvalue weighted by Crippen LogP contribution is -2.47. The highest BCUT2D eigenvalue weighted by Gasteiger charge is 2.43. The summed E-state index contributed by atoms with van der Waals surface area (Å²) in [6.07, 6.45) is 0.754. The van der Waals surface area contributed by atoms with Gasteiger partial charge in [0, 0.05) is 6.26 Å². The van der Waals surface area contributed by atoms with Crippen LogP contribution in [0.5, 0.6) is 11.5 Å². The predicted molar refractivity (Wildman–Crippen MR) is 108 cm³/mol. The van der Waals surface area contributed by atoms with Gasteiger partial charge in [-0.2, -0.15) is 0 Å². The second-order valence-electron chi connectivity index (χ2n) is 6.79. The molecule has 0 saturated heterocycles. The van der Waals surface area contributed by atoms with Gasteiger partial charge < -0.3 is 9.47 Å². The fourth-order valence-electron chi connectivity index (χ4n) is 3.12. The molecule has 0 N–H and O–H groups in total. The molecule has 2 aromatic carbocycles. The molecule has 0 radical (unpaired) electrons. The van der Waals surface area contributed by atoms with Gasteiger partial charge in [0.25, 0.3) is 11.8 Å². The third-order valence-electron chi connectivity index (χ3n) is 4.52. The molecule has 1 aliphatic rings. The maximum atomic E-state index is 12.9. The van der Waals surface area contributed by atoms with E-state index >= 15 is 0 Å². The molecule has 158 valence electrons. The summed E-state index contributed by atoms with van der Waals surface area (Å²) in [5.74, 6) is -1.81. The minimum absolute atomic E-state index is 0.167. The first-order valence-electron chi connectivity index (χ1n) is 9.30. The van der Waals surface area contributed by atoms with Crippen LogP contribution in [0, 0.1) is 0 Å². The summed E-state index contributed by atoms with van der Waals surface area (Å²) in [7, 11) is -3.44. The summed E-state index contributed by atoms with van der Waals surface area (Å²) in [6, 6.07) is 11.1. The van der Waals surface area contributed by atoms with E-state index in [4.69, 9.17) is 9.47 Å². The van der Waals surface area contributed by atoms with Crippen molar-refractivity contribution in [3.63, 3.8) is 0 Å². The lowest BCUT2D eigenvalue weighted by molar-refractivity contribution is -0.138. The van der Waals surface area contributed by atoms with Gasteiger partial charge in [-0.25, -0.2) is 13.2 Å². The van der Waals surface area contributed by atoms with Crippen molar-refractivity contribution in [2.24, 2.45) is 0 Å². The fraction of sp³-hybridized carbons (Fsp3) is 0.286. The van der Waals surface area contributed by atoms with Gasteiger partial charge in [0.2, 0.25) is 0 Å². The summed E-state index contributed by atoms with van der Waals surface area (Å²) in [6.45, 7) is 2.31. The van der Waals surface area contributed by atoms with Crippen LogP contribution >= 0.6 is 0 Å². The third kappa shape index (κ3) is 4.68. The molecule has 8 nitrogen and oxygen atoms in total. The van der Waals surface area contributed by atoms with Gasteiger partial charge in [-0.1, -0.05) is 12.1 Å². The van der Waals surface area contributed by atoms with Crippen LogP contribution < -0.4 is 9.47 Å². The first-order valence-corrected chi connectivity index (χ1v) is 11.4. The average Bonchev–Trinajstić information content (AvgIpc) is 2.95. The fourth-order valence-corrected chi connectivity index (χ4v) is 3.78. The first-order chi connectivity index (χ1) is 14.2. The summed E-state index contributed by atoms with van der Waals surface area (Å²) < 4.78 is 34.0. The number of hydrogen-bond acceptors (Lipinski definition) is 7. The quantitative estimate of drug-likeness (QED) is 0.358. The van der Waals surface area contributed by atoms with Crippen molar-refractivity contribution in [2.75, 3.05) is 18.6 Å². The maximum Gasteiger partial charge on any atom is 0.334 e. The number of benzene rings is 2. The maximum absolute atomic E-state index is 12.9. The van der Waals surface area contributed by atoms with Gasteiger partial charge in [0.05, 0.1) is 23.5 Å². The van der Waals surface area contributed by atoms with Crippen LogP contribution in [0.4, 0.5) is 0 Å². The molecule has 0 fully saturated rings. The van der Waals surface area contributed by atoms with Crippen molar-refractivity contribution in [1.82, 2.24) is 4.90 Å². The van der Waals surface area contributed by atoms with Crippen LogP contribution in [-0.4, -0.2) is 55.8 Å². The number of imide groups is 1. The Kier molecular flexibility index (Phi) is 6.21. The molecular weight excluding hydrogens is 410 g/mol. The molecule has 1 aliphatic heterocycles. The standard InChI is InChI=1S/C21H21NO7S/c1-3-28-14-8-10-15(11-9-14)29-21(25)18(12-13-30(2,26)27)22-19(23)16-6-4-5-7-17(16)20(22)24/h4-11,18H,3,12-13H2,1-2H3/t18-/m1/s1. The molecule has 0 unspecified atom stereocenters. The molecule has 0 aromatic heterocycles. The highest BCUT2D eigenvalue weighted by Crippen LogP contribution is 2.27. The Balaban J connectivity index is 1.86. The van der Waals surface area contributed by atoms with Crippen molar-refractivity contribution in [3.8, 4) is 11.5 Å². The monoisotopic (exact) mass is 431 g/mol. The van der Waals surface area contributed by atoms with Crippen molar-refractivity contribution in [3.05, 3.63) is 59.7 Å². The molecule has 0 saturated carbocycles. The Morgan fingerprint density at radius 1 is 0.967 bits per heavy atom. The minimum atomic E-state index is -3.44. The van der Waals surface area contributed by atoms with Crippen LogP contribution in [0.1, 0.15) is 34.1 Å². The minimum Gasteiger partial charge on any atom is -0.494 e. The molecule has 30 heavy (non-hydrogen) atoms. The summed E-state index contributed by atoms with van der Waals surface area (Å²) in [4.78, 5) is 39.2. The SMILES string of the molecule is CCOc1ccc(OC(=O)[C@@H](CCS(C)(=O)=O)N2C(=O)c3ccccc3C2=O)cc1. The van der Waals surface area contributed by atoms with Crippen LogP contribution in [-0.2, 0) is 14.6 Å². The Morgan fingerprint density at radius 2 is 1.50 bits per heavy atom. The van der Waals surface area contributed by atoms with Gasteiger partial charge in [-0.3, -0.25) is 14.5 Å². The lowest BCUT2D eigenvalue weighted by atomic mass is 10.1. The number of amides is 2. The number of hydrogen-bond donors (Lipinski definition) is 0. The molecule has 0 bridgehead atoms. The van der Waals surface area contributed by atoms with Gasteiger partial charge >= 0.3 is 5.97 Å². The Hall–Kier alpha value is -3.20. The second-order valence-corrected chi connectivity index (χ2v) is 9.05. The van der Waals surface area contributed by atoms with E-state index in [9.17, 15) is 22.8 Å². The second kappa shape index (κ2) is 8.66. The molecule has 9 heteroatoms. The van der Waals surface area contributed by atoms with E-state index in [-0.39, 0.29) is 29.1 Å². The molecule has 2 amide bonds. The van der Waals surface area contributed by atoms with Crippen LogP contribution in [0.2, 0.25) is 0 Å². The normalized spacial score (nSPS) is 14.4. The molecule has 2 aromatic rings. The number of ether oxygens (including phenoxy) is 2. The van der Waals surface area contributed by atoms with Gasteiger partial charge in [-0.05, 0) is 49.7 Å². The lowest BCUT2D eigenvalue weighted by Gasteiger charge is -2.24. The molecule has 1 atom stereocenters. The molecule has 3 rings (SSSR count). The molecule has 1 heterocycles. The van der Waals surface area contributed by atoms with Crippen molar-refractivity contribution in [1.29, 1.82) is 0 Å². The zero-order chi connectivity index (χ0) is 21.9. The van der Waals surface area contributed by atoms with Crippen LogP contribution in [0.3, 0.4) is 0 Å². The zero-order valence-electron chi connectivity index (χ0n) is 16.5. The van der Waals surface area contributed by atoms with Crippen molar-refractivity contribution >= 4 is 27.6 Å². The largest absolute Gasteiger partial charge is 0.494 e. The highest BCUT2D eigenvalue weighted by atomic mass is 32.2. The van der Waals surface area contributed by atoms with Gasteiger partial charge in [0.15, 0.2) is 0 Å². The summed E-state index contributed by atoms with van der Waals surface area (Å²) in [5, 5.41) is 0. The zero-order valence-corrected chi connectivity index (χ0v) is 17.3. The van der Waals surface area contributed by atoms with E-state index in [0.717, 1.165) is 11.2 Å². The van der Waals surface area contributed by atoms with E-state index in [2.05, 4.69) is 0 Å². The van der Waals surface area contributed by atoms with Crippen molar-refractivity contribution < 1.29 is 32.3 Å². The van der Waals surface area contributed by atoms with E-state index in [1.807, 2.05) is 6.92 Å². The molecular formula is C21H21NO7S. The number of nitrogens with zero attached hydrogens (tertiary/aromatic N) is 1. The Bertz CT molecular complexity index is 1040. The Labute approximate surface area is 174 Å². The van der Waals surface area contributed by atoms with E-state index in [1.54, 1.807) is 24.3 Å². The number of carbonyl (C=O) groups excluding carboxylic acids is 3. The summed E-state index contributed by atoms with van der Waals surface area (Å²) >= 11 is 0. The molecule has 0 aliphatic carbocycles. The first kappa shape index (κ1) is 21.5. The van der Waals surface area contributed by atoms with E-state index in [0.29, 0.717) is 12.4 Å². The van der Waals surface area contributed by atoms with E-state index < -0.39 is 33.7 Å². The van der Waals surface area contributed by atoms with Crippen molar-refractivity contribution in [2.45, 2.75) is 19.4 Å². The number of esters is 1. The smallest absolute Gasteiger partial charge is 0.334 e. The number of sulfone groups is 1.